The molecule has 0 rings (SSSR count). The highest BCUT2D eigenvalue weighted by atomic mass is 35.5. The Bertz CT molecular complexity index is 244. The van der Waals surface area contributed by atoms with E-state index in [1.165, 1.54) is 0 Å². The predicted molar refractivity (Wildman–Crippen MR) is 69.3 cm³/mol. The van der Waals surface area contributed by atoms with Gasteiger partial charge >= 0.3 is 0 Å². The van der Waals surface area contributed by atoms with Gasteiger partial charge in [0.2, 0.25) is 10.0 Å². The van der Waals surface area contributed by atoms with Gasteiger partial charge in [0.05, 0.1) is 5.75 Å². The zero-order valence-corrected chi connectivity index (χ0v) is 11.7. The molecule has 0 fully saturated rings. The summed E-state index contributed by atoms with van der Waals surface area (Å²) in [6.07, 6.45) is 4.00. The van der Waals surface area contributed by atoms with Crippen LogP contribution in [0, 0.1) is 5.92 Å². The fourth-order valence-electron chi connectivity index (χ4n) is 1.08. The van der Waals surface area contributed by atoms with Gasteiger partial charge in [0.1, 0.15) is 0 Å². The molecule has 1 unspecified atom stereocenters. The zero-order valence-electron chi connectivity index (χ0n) is 9.33. The molecular weight excluding hydrogens is 254 g/mol. The van der Waals surface area contributed by atoms with E-state index in [0.717, 1.165) is 18.6 Å². The van der Waals surface area contributed by atoms with Crippen molar-refractivity contribution < 1.29 is 8.42 Å². The highest BCUT2D eigenvalue weighted by Gasteiger charge is 2.13. The molecule has 3 nitrogen and oxygen atoms in total. The van der Waals surface area contributed by atoms with Crippen LogP contribution in [0.25, 0.3) is 0 Å². The maximum Gasteiger partial charge on any atom is 0.211 e. The van der Waals surface area contributed by atoms with E-state index >= 15 is 0 Å². The van der Waals surface area contributed by atoms with E-state index in [1.807, 2.05) is 13.2 Å². The van der Waals surface area contributed by atoms with Gasteiger partial charge in [-0.3, -0.25) is 0 Å². The topological polar surface area (TPSA) is 46.2 Å². The van der Waals surface area contributed by atoms with Crippen LogP contribution in [-0.4, -0.2) is 38.6 Å². The fraction of sp³-hybridized carbons (Fsp3) is 1.00. The lowest BCUT2D eigenvalue weighted by molar-refractivity contribution is 0.566. The minimum Gasteiger partial charge on any atom is -0.215 e. The van der Waals surface area contributed by atoms with Gasteiger partial charge in [-0.1, -0.05) is 6.92 Å². The first-order chi connectivity index (χ1) is 7.02. The standard InChI is InChI=1S/C9H20ClNO2S2/c1-9(7-10)8-15(12,13)11-5-3-4-6-14-2/h9,11H,3-8H2,1-2H3. The third-order valence-electron chi connectivity index (χ3n) is 1.86. The van der Waals surface area contributed by atoms with Crippen LogP contribution in [-0.2, 0) is 10.0 Å². The minimum absolute atomic E-state index is 0.00960. The number of nitrogens with one attached hydrogen (secondary N) is 1. The van der Waals surface area contributed by atoms with Crippen LogP contribution in [0.3, 0.4) is 0 Å². The third-order valence-corrected chi connectivity index (χ3v) is 4.74. The SMILES string of the molecule is CSCCCCNS(=O)(=O)CC(C)CCl. The summed E-state index contributed by atoms with van der Waals surface area (Å²) in [6, 6.07) is 0. The maximum atomic E-state index is 11.5. The van der Waals surface area contributed by atoms with Gasteiger partial charge < -0.3 is 0 Å². The molecule has 0 aliphatic heterocycles. The maximum absolute atomic E-state index is 11.5. The molecule has 0 bridgehead atoms. The fourth-order valence-corrected chi connectivity index (χ4v) is 3.25. The summed E-state index contributed by atoms with van der Waals surface area (Å²) in [4.78, 5) is 0. The van der Waals surface area contributed by atoms with Crippen molar-refractivity contribution in [2.75, 3.05) is 30.2 Å². The highest BCUT2D eigenvalue weighted by Crippen LogP contribution is 2.03. The molecule has 0 heterocycles. The molecule has 1 N–H and O–H groups in total. The van der Waals surface area contributed by atoms with Crippen molar-refractivity contribution in [2.24, 2.45) is 5.92 Å². The molecular formula is C9H20ClNO2S2. The van der Waals surface area contributed by atoms with E-state index in [-0.39, 0.29) is 11.7 Å². The Morgan fingerprint density at radius 3 is 2.60 bits per heavy atom. The van der Waals surface area contributed by atoms with Crippen LogP contribution in [0.2, 0.25) is 0 Å². The Morgan fingerprint density at radius 2 is 2.07 bits per heavy atom. The first-order valence-corrected chi connectivity index (χ1v) is 8.62. The molecule has 0 saturated heterocycles. The van der Waals surface area contributed by atoms with Crippen molar-refractivity contribution in [3.63, 3.8) is 0 Å². The molecule has 6 heteroatoms. The van der Waals surface area contributed by atoms with Crippen LogP contribution in [0.4, 0.5) is 0 Å². The highest BCUT2D eigenvalue weighted by molar-refractivity contribution is 7.98. The van der Waals surface area contributed by atoms with E-state index in [0.29, 0.717) is 12.4 Å². The Hall–Kier alpha value is 0.550. The summed E-state index contributed by atoms with van der Waals surface area (Å²) < 4.78 is 25.5. The quantitative estimate of drug-likeness (QED) is 0.516. The largest absolute Gasteiger partial charge is 0.215 e. The summed E-state index contributed by atoms with van der Waals surface area (Å²) in [7, 11) is -3.12. The normalized spacial score (nSPS) is 14.1. The summed E-state index contributed by atoms with van der Waals surface area (Å²) in [6.45, 7) is 2.37. The predicted octanol–water partition coefficient (Wildman–Crippen LogP) is 1.92. The summed E-state index contributed by atoms with van der Waals surface area (Å²) in [5, 5.41) is 0. The van der Waals surface area contributed by atoms with Crippen molar-refractivity contribution in [3.05, 3.63) is 0 Å². The number of unbranched alkanes of at least 4 members (excludes halogenated alkanes) is 1. The van der Waals surface area contributed by atoms with Crippen molar-refractivity contribution in [3.8, 4) is 0 Å². The number of alkyl halides is 1. The molecule has 0 saturated carbocycles. The zero-order chi connectivity index (χ0) is 11.7. The van der Waals surface area contributed by atoms with Crippen LogP contribution >= 0.6 is 23.4 Å². The van der Waals surface area contributed by atoms with Gasteiger partial charge in [0.15, 0.2) is 0 Å². The number of sulfonamides is 1. The number of hydrogen-bond acceptors (Lipinski definition) is 3. The molecule has 92 valence electrons. The molecule has 0 aromatic rings. The molecule has 0 amide bonds. The number of hydrogen-bond donors (Lipinski definition) is 1. The van der Waals surface area contributed by atoms with E-state index in [4.69, 9.17) is 11.6 Å². The molecule has 15 heavy (non-hydrogen) atoms. The molecule has 0 aromatic heterocycles. The van der Waals surface area contributed by atoms with Crippen molar-refractivity contribution in [1.29, 1.82) is 0 Å². The molecule has 1 atom stereocenters. The van der Waals surface area contributed by atoms with Crippen LogP contribution < -0.4 is 4.72 Å². The van der Waals surface area contributed by atoms with Gasteiger partial charge in [-0.15, -0.1) is 11.6 Å². The van der Waals surface area contributed by atoms with Gasteiger partial charge in [-0.2, -0.15) is 11.8 Å². The smallest absolute Gasteiger partial charge is 0.211 e. The second-order valence-corrected chi connectivity index (χ2v) is 6.78. The van der Waals surface area contributed by atoms with Crippen molar-refractivity contribution >= 4 is 33.4 Å². The molecule has 0 aliphatic carbocycles. The Kier molecular flexibility index (Phi) is 8.99. The average molecular weight is 274 g/mol. The lowest BCUT2D eigenvalue weighted by atomic mass is 10.3. The summed E-state index contributed by atoms with van der Waals surface area (Å²) in [5.74, 6) is 1.60. The molecule has 0 radical (unpaired) electrons. The van der Waals surface area contributed by atoms with E-state index in [1.54, 1.807) is 11.8 Å². The first kappa shape index (κ1) is 15.6. The van der Waals surface area contributed by atoms with Crippen LogP contribution in [0.1, 0.15) is 19.8 Å². The first-order valence-electron chi connectivity index (χ1n) is 5.04. The molecule has 0 aromatic carbocycles. The average Bonchev–Trinajstić information content (AvgIpc) is 2.16. The second-order valence-electron chi connectivity index (χ2n) is 3.64. The van der Waals surface area contributed by atoms with Crippen molar-refractivity contribution in [2.45, 2.75) is 19.8 Å². The Labute approximate surface area is 102 Å². The Morgan fingerprint density at radius 1 is 1.40 bits per heavy atom. The van der Waals surface area contributed by atoms with Crippen LogP contribution in [0.5, 0.6) is 0 Å². The lowest BCUT2D eigenvalue weighted by Crippen LogP contribution is -2.30. The lowest BCUT2D eigenvalue weighted by Gasteiger charge is -2.09. The van der Waals surface area contributed by atoms with Gasteiger partial charge in [0.25, 0.3) is 0 Å². The van der Waals surface area contributed by atoms with Gasteiger partial charge in [-0.25, -0.2) is 13.1 Å². The Balaban J connectivity index is 3.65. The molecule has 0 spiro atoms. The third kappa shape index (κ3) is 9.48. The number of thioether (sulfide) groups is 1. The van der Waals surface area contributed by atoms with Crippen molar-refractivity contribution in [1.82, 2.24) is 4.72 Å². The summed E-state index contributed by atoms with van der Waals surface area (Å²) in [5.41, 5.74) is 0. The summed E-state index contributed by atoms with van der Waals surface area (Å²) >= 11 is 7.34. The van der Waals surface area contributed by atoms with Gasteiger partial charge in [-0.05, 0) is 30.8 Å². The monoisotopic (exact) mass is 273 g/mol. The van der Waals surface area contributed by atoms with E-state index < -0.39 is 10.0 Å². The van der Waals surface area contributed by atoms with E-state index in [2.05, 4.69) is 4.72 Å². The number of halogens is 1. The number of rotatable bonds is 9. The second kappa shape index (κ2) is 8.67. The van der Waals surface area contributed by atoms with E-state index in [9.17, 15) is 8.42 Å². The minimum atomic E-state index is -3.12. The molecule has 0 aliphatic rings. The van der Waals surface area contributed by atoms with Gasteiger partial charge in [0, 0.05) is 12.4 Å². The van der Waals surface area contributed by atoms with Crippen LogP contribution in [0.15, 0.2) is 0 Å².